The van der Waals surface area contributed by atoms with Crippen molar-refractivity contribution < 1.29 is 9.59 Å². The molecule has 210 valence electrons. The second kappa shape index (κ2) is 15.6. The zero-order chi connectivity index (χ0) is 29.6. The highest BCUT2D eigenvalue weighted by Crippen LogP contribution is 2.25. The van der Waals surface area contributed by atoms with E-state index in [0.717, 1.165) is 24.0 Å². The Balaban J connectivity index is 1.41. The molecule has 0 unspecified atom stereocenters. The van der Waals surface area contributed by atoms with Gasteiger partial charge in [0.1, 0.15) is 12.1 Å². The molecule has 0 aromatic heterocycles. The number of unbranched alkanes of at least 4 members (excludes halogenated alkanes) is 3. The van der Waals surface area contributed by atoms with Gasteiger partial charge in [-0.3, -0.25) is 9.59 Å². The number of carbonyl (C=O) groups excluding carboxylic acids is 2. The zero-order valence-corrected chi connectivity index (χ0v) is 23.5. The molecule has 0 saturated heterocycles. The van der Waals surface area contributed by atoms with E-state index in [0.29, 0.717) is 37.1 Å². The van der Waals surface area contributed by atoms with Gasteiger partial charge in [0.15, 0.2) is 0 Å². The summed E-state index contributed by atoms with van der Waals surface area (Å²) < 4.78 is 0. The molecule has 0 heterocycles. The van der Waals surface area contributed by atoms with Crippen molar-refractivity contribution in [2.24, 2.45) is 0 Å². The number of carbonyl (C=O) groups is 2. The first-order valence-electron chi connectivity index (χ1n) is 14.2. The van der Waals surface area contributed by atoms with Crippen LogP contribution in [0.15, 0.2) is 121 Å². The molecular formula is C36H34N4O2. The van der Waals surface area contributed by atoms with Crippen LogP contribution in [0.5, 0.6) is 0 Å². The van der Waals surface area contributed by atoms with Gasteiger partial charge >= 0.3 is 0 Å². The lowest BCUT2D eigenvalue weighted by Gasteiger charge is -2.29. The predicted octanol–water partition coefficient (Wildman–Crippen LogP) is 7.36. The number of nitrogens with zero attached hydrogens (tertiary/aromatic N) is 4. The van der Waals surface area contributed by atoms with Gasteiger partial charge in [0.2, 0.25) is 0 Å². The summed E-state index contributed by atoms with van der Waals surface area (Å²) in [4.78, 5) is 30.3. The first kappa shape index (κ1) is 29.8. The second-order valence-electron chi connectivity index (χ2n) is 10.0. The summed E-state index contributed by atoms with van der Waals surface area (Å²) in [6.07, 6.45) is 3.02. The van der Waals surface area contributed by atoms with Crippen LogP contribution >= 0.6 is 0 Å². The highest BCUT2D eigenvalue weighted by atomic mass is 16.2. The van der Waals surface area contributed by atoms with Gasteiger partial charge in [-0.05, 0) is 48.2 Å². The van der Waals surface area contributed by atoms with Crippen LogP contribution in [0.2, 0.25) is 0 Å². The quantitative estimate of drug-likeness (QED) is 0.162. The third-order valence-electron chi connectivity index (χ3n) is 7.21. The van der Waals surface area contributed by atoms with Gasteiger partial charge in [0, 0.05) is 24.2 Å². The molecule has 42 heavy (non-hydrogen) atoms. The highest BCUT2D eigenvalue weighted by Gasteiger charge is 2.27. The molecule has 6 heteroatoms. The van der Waals surface area contributed by atoms with E-state index >= 15 is 0 Å². The van der Waals surface area contributed by atoms with Crippen LogP contribution in [-0.4, -0.2) is 34.7 Å². The van der Waals surface area contributed by atoms with Crippen LogP contribution < -0.4 is 0 Å². The maximum Gasteiger partial charge on any atom is 0.255 e. The molecule has 0 fully saturated rings. The van der Waals surface area contributed by atoms with Crippen molar-refractivity contribution >= 4 is 11.8 Å². The van der Waals surface area contributed by atoms with Crippen LogP contribution in [0.25, 0.3) is 0 Å². The van der Waals surface area contributed by atoms with Crippen molar-refractivity contribution in [3.05, 3.63) is 144 Å². The zero-order valence-electron chi connectivity index (χ0n) is 23.5. The molecule has 6 nitrogen and oxygen atoms in total. The van der Waals surface area contributed by atoms with E-state index in [-0.39, 0.29) is 11.8 Å². The van der Waals surface area contributed by atoms with E-state index in [1.54, 1.807) is 34.1 Å². The Morgan fingerprint density at radius 2 is 0.810 bits per heavy atom. The number of nitriles is 2. The fraction of sp³-hybridized carbons (Fsp3) is 0.222. The van der Waals surface area contributed by atoms with Gasteiger partial charge in [-0.15, -0.1) is 0 Å². The summed E-state index contributed by atoms with van der Waals surface area (Å²) in [5.41, 5.74) is 2.66. The van der Waals surface area contributed by atoms with E-state index in [1.807, 2.05) is 97.1 Å². The fourth-order valence-corrected chi connectivity index (χ4v) is 5.03. The Morgan fingerprint density at radius 1 is 0.500 bits per heavy atom. The summed E-state index contributed by atoms with van der Waals surface area (Å²) in [5.74, 6) is -0.351. The Bertz CT molecular complexity index is 1380. The molecule has 0 aliphatic heterocycles. The first-order chi connectivity index (χ1) is 20.6. The van der Waals surface area contributed by atoms with Crippen LogP contribution in [0.3, 0.4) is 0 Å². The molecule has 0 radical (unpaired) electrons. The molecule has 0 spiro atoms. The van der Waals surface area contributed by atoms with Crippen molar-refractivity contribution in [1.82, 2.24) is 9.80 Å². The maximum atomic E-state index is 13.5. The van der Waals surface area contributed by atoms with Crippen LogP contribution in [-0.2, 0) is 0 Å². The Labute approximate surface area is 248 Å². The number of rotatable bonds is 13. The number of hydrogen-bond donors (Lipinski definition) is 0. The van der Waals surface area contributed by atoms with Gasteiger partial charge in [0.05, 0.1) is 12.1 Å². The Hall–Kier alpha value is -5.20. The maximum absolute atomic E-state index is 13.5. The molecule has 2 atom stereocenters. The van der Waals surface area contributed by atoms with E-state index in [1.165, 1.54) is 0 Å². The number of benzene rings is 4. The summed E-state index contributed by atoms with van der Waals surface area (Å²) in [6, 6.07) is 40.1. The van der Waals surface area contributed by atoms with Gasteiger partial charge in [-0.25, -0.2) is 0 Å². The summed E-state index contributed by atoms with van der Waals surface area (Å²) in [7, 11) is 0. The Morgan fingerprint density at radius 3 is 1.12 bits per heavy atom. The fourth-order valence-electron chi connectivity index (χ4n) is 5.03. The molecule has 4 aromatic carbocycles. The minimum absolute atomic E-state index is 0.176. The van der Waals surface area contributed by atoms with Gasteiger partial charge in [-0.2, -0.15) is 10.5 Å². The van der Waals surface area contributed by atoms with Gasteiger partial charge in [0.25, 0.3) is 11.8 Å². The third-order valence-corrected chi connectivity index (χ3v) is 7.21. The van der Waals surface area contributed by atoms with Crippen molar-refractivity contribution in [1.29, 1.82) is 10.5 Å². The lowest BCUT2D eigenvalue weighted by atomic mass is 10.0. The standard InChI is InChI=1S/C36H34N4O2/c37-27-33(29-17-7-3-8-18-29)39(35(41)31-21-11-5-12-22-31)25-15-1-2-16-26-40(36(42)32-23-13-6-14-24-32)34(28-38)30-19-9-4-10-20-30/h3-14,17-24,33-34H,1-2,15-16,25-26H2/t33-,34-/m0/s1. The number of amides is 2. The molecular weight excluding hydrogens is 520 g/mol. The summed E-state index contributed by atoms with van der Waals surface area (Å²) in [6.45, 7) is 0.858. The largest absolute Gasteiger partial charge is 0.319 e. The average molecular weight is 555 g/mol. The van der Waals surface area contributed by atoms with Crippen molar-refractivity contribution in [2.75, 3.05) is 13.1 Å². The molecule has 4 rings (SSSR count). The summed E-state index contributed by atoms with van der Waals surface area (Å²) in [5, 5.41) is 20.1. The topological polar surface area (TPSA) is 88.2 Å². The molecule has 0 bridgehead atoms. The lowest BCUT2D eigenvalue weighted by molar-refractivity contribution is 0.0698. The van der Waals surface area contributed by atoms with E-state index in [2.05, 4.69) is 12.1 Å². The van der Waals surface area contributed by atoms with Gasteiger partial charge < -0.3 is 9.80 Å². The Kier molecular flexibility index (Phi) is 11.0. The number of hydrogen-bond acceptors (Lipinski definition) is 4. The van der Waals surface area contributed by atoms with E-state index in [9.17, 15) is 20.1 Å². The van der Waals surface area contributed by atoms with Crippen molar-refractivity contribution in [3.8, 4) is 12.1 Å². The molecule has 4 aromatic rings. The molecule has 0 aliphatic rings. The van der Waals surface area contributed by atoms with Gasteiger partial charge in [-0.1, -0.05) is 110 Å². The molecule has 0 saturated carbocycles. The lowest BCUT2D eigenvalue weighted by Crippen LogP contribution is -2.35. The van der Waals surface area contributed by atoms with E-state index in [4.69, 9.17) is 0 Å². The monoisotopic (exact) mass is 554 g/mol. The normalized spacial score (nSPS) is 11.9. The highest BCUT2D eigenvalue weighted by molar-refractivity contribution is 5.95. The SMILES string of the molecule is N#C[C@@H](c1ccccc1)N(CCCCCCN(C(=O)c1ccccc1)[C@@H](C#N)c1ccccc1)C(=O)c1ccccc1. The third kappa shape index (κ3) is 7.71. The van der Waals surface area contributed by atoms with Crippen LogP contribution in [0, 0.1) is 22.7 Å². The molecule has 2 amide bonds. The van der Waals surface area contributed by atoms with E-state index < -0.39 is 12.1 Å². The average Bonchev–Trinajstić information content (AvgIpc) is 3.06. The first-order valence-corrected chi connectivity index (χ1v) is 14.2. The summed E-state index contributed by atoms with van der Waals surface area (Å²) >= 11 is 0. The minimum Gasteiger partial charge on any atom is -0.319 e. The molecule has 0 N–H and O–H groups in total. The smallest absolute Gasteiger partial charge is 0.255 e. The van der Waals surface area contributed by atoms with Crippen LogP contribution in [0.1, 0.15) is 69.6 Å². The molecule has 0 aliphatic carbocycles. The van der Waals surface area contributed by atoms with Crippen molar-refractivity contribution in [3.63, 3.8) is 0 Å². The van der Waals surface area contributed by atoms with Crippen LogP contribution in [0.4, 0.5) is 0 Å². The van der Waals surface area contributed by atoms with Crippen molar-refractivity contribution in [2.45, 2.75) is 37.8 Å². The predicted molar refractivity (Wildman–Crippen MR) is 163 cm³/mol. The second-order valence-corrected chi connectivity index (χ2v) is 10.0. The minimum atomic E-state index is -0.694.